The van der Waals surface area contributed by atoms with Crippen LogP contribution in [0, 0.1) is 5.82 Å². The summed E-state index contributed by atoms with van der Waals surface area (Å²) in [6.07, 6.45) is 0.431. The molecule has 0 spiro atoms. The van der Waals surface area contributed by atoms with E-state index in [2.05, 4.69) is 39.2 Å². The van der Waals surface area contributed by atoms with Crippen LogP contribution in [0.4, 0.5) is 9.18 Å². The van der Waals surface area contributed by atoms with Gasteiger partial charge in [-0.1, -0.05) is 38.4 Å². The third-order valence-electron chi connectivity index (χ3n) is 8.49. The minimum atomic E-state index is -2.28. The van der Waals surface area contributed by atoms with Crippen LogP contribution in [-0.2, 0) is 11.0 Å². The van der Waals surface area contributed by atoms with Crippen LogP contribution in [-0.4, -0.2) is 54.5 Å². The summed E-state index contributed by atoms with van der Waals surface area (Å²) < 4.78 is 28.7. The number of amides is 2. The van der Waals surface area contributed by atoms with Gasteiger partial charge in [-0.2, -0.15) is 0 Å². The molecular weight excluding hydrogens is 617 g/mol. The number of carboxylic acid groups (broad SMARTS) is 1. The lowest BCUT2D eigenvalue weighted by atomic mass is 10.1. The highest BCUT2D eigenvalue weighted by Crippen LogP contribution is 2.38. The minimum Gasteiger partial charge on any atom is -0.485 e. The molecule has 0 fully saturated rings. The number of carbonyl (C=O) groups is 3. The minimum absolute atomic E-state index is 0.108. The molecule has 0 saturated carbocycles. The van der Waals surface area contributed by atoms with E-state index in [9.17, 15) is 23.9 Å². The van der Waals surface area contributed by atoms with Crippen molar-refractivity contribution in [2.75, 3.05) is 6.61 Å². The third kappa shape index (κ3) is 7.84. The van der Waals surface area contributed by atoms with Crippen molar-refractivity contribution in [2.45, 2.75) is 70.9 Å². The van der Waals surface area contributed by atoms with Gasteiger partial charge in [0.05, 0.1) is 23.2 Å². The van der Waals surface area contributed by atoms with Gasteiger partial charge in [0.1, 0.15) is 11.6 Å². The highest BCUT2D eigenvalue weighted by atomic mass is 35.5. The normalized spacial score (nSPS) is 13.5. The Labute approximate surface area is 267 Å². The summed E-state index contributed by atoms with van der Waals surface area (Å²) in [5.74, 6) is -1.40. The Bertz CT molecular complexity index is 1770. The maximum atomic E-state index is 14.4. The lowest BCUT2D eigenvalue weighted by molar-refractivity contribution is 0.0913. The monoisotopic (exact) mass is 655 g/mol. The molecule has 0 saturated heterocycles. The molecule has 4 N–H and O–H groups in total. The van der Waals surface area contributed by atoms with E-state index in [4.69, 9.17) is 26.5 Å². The Morgan fingerprint density at radius 3 is 2.42 bits per heavy atom. The molecule has 3 aromatic carbocycles. The van der Waals surface area contributed by atoms with E-state index < -0.39 is 44.9 Å². The molecule has 0 aliphatic rings. The SMILES string of the molecule is C[C@@H](NC(=O)O)C(CCn1cc(C(=O)COc2cc3ccc(Cl)cc3cc2C(N)=O)c2ccc(F)cc21)O[Si](C)(C)C(C)(C)C. The van der Waals surface area contributed by atoms with Crippen molar-refractivity contribution < 1.29 is 33.0 Å². The summed E-state index contributed by atoms with van der Waals surface area (Å²) in [6.45, 7) is 12.2. The van der Waals surface area contributed by atoms with Crippen molar-refractivity contribution in [2.24, 2.45) is 5.73 Å². The van der Waals surface area contributed by atoms with E-state index in [1.165, 1.54) is 12.1 Å². The molecule has 1 heterocycles. The van der Waals surface area contributed by atoms with Crippen molar-refractivity contribution >= 4 is 59.4 Å². The Hall–Kier alpha value is -3.93. The first kappa shape index (κ1) is 33.9. The van der Waals surface area contributed by atoms with Crippen LogP contribution in [0.25, 0.3) is 21.7 Å². The first-order valence-corrected chi connectivity index (χ1v) is 17.9. The van der Waals surface area contributed by atoms with Gasteiger partial charge in [-0.25, -0.2) is 9.18 Å². The van der Waals surface area contributed by atoms with Crippen LogP contribution in [0.15, 0.2) is 54.7 Å². The van der Waals surface area contributed by atoms with Crippen molar-refractivity contribution in [3.63, 3.8) is 0 Å². The average molecular weight is 656 g/mol. The summed E-state index contributed by atoms with van der Waals surface area (Å²) in [7, 11) is -2.28. The molecular formula is C33H39ClFN3O6Si. The Balaban J connectivity index is 1.61. The number of Topliss-reactive ketones (excluding diaryl/α,β-unsaturated/α-hetero) is 1. The number of aromatic nitrogens is 1. The summed E-state index contributed by atoms with van der Waals surface area (Å²) in [5, 5.41) is 14.3. The van der Waals surface area contributed by atoms with Crippen LogP contribution in [0.1, 0.15) is 54.8 Å². The molecule has 9 nitrogen and oxygen atoms in total. The number of carbonyl (C=O) groups excluding carboxylic acids is 2. The number of nitrogens with one attached hydrogen (secondary N) is 1. The first-order valence-electron chi connectivity index (χ1n) is 14.6. The first-order chi connectivity index (χ1) is 21.0. The smallest absolute Gasteiger partial charge is 0.404 e. The number of ketones is 1. The van der Waals surface area contributed by atoms with E-state index in [-0.39, 0.29) is 22.1 Å². The van der Waals surface area contributed by atoms with Crippen LogP contribution in [0.3, 0.4) is 0 Å². The molecule has 1 aromatic heterocycles. The Morgan fingerprint density at radius 1 is 1.07 bits per heavy atom. The number of nitrogens with two attached hydrogens (primary N) is 1. The zero-order chi connectivity index (χ0) is 33.3. The fourth-order valence-electron chi connectivity index (χ4n) is 4.97. The molecule has 0 aliphatic heterocycles. The number of rotatable bonds is 12. The molecule has 2 atom stereocenters. The fourth-order valence-corrected chi connectivity index (χ4v) is 6.59. The lowest BCUT2D eigenvalue weighted by Crippen LogP contribution is -2.50. The molecule has 240 valence electrons. The van der Waals surface area contributed by atoms with Crippen LogP contribution in [0.2, 0.25) is 23.2 Å². The molecule has 1 unspecified atom stereocenters. The van der Waals surface area contributed by atoms with Crippen LogP contribution in [0.5, 0.6) is 5.75 Å². The zero-order valence-electron chi connectivity index (χ0n) is 26.2. The number of ether oxygens (including phenoxy) is 1. The largest absolute Gasteiger partial charge is 0.485 e. The van der Waals surface area contributed by atoms with Crippen molar-refractivity contribution in [3.05, 3.63) is 76.7 Å². The molecule has 0 aliphatic carbocycles. The number of hydrogen-bond donors (Lipinski definition) is 3. The summed E-state index contributed by atoms with van der Waals surface area (Å²) >= 11 is 6.09. The Kier molecular flexibility index (Phi) is 9.96. The molecule has 0 radical (unpaired) electrons. The van der Waals surface area contributed by atoms with Gasteiger partial charge >= 0.3 is 6.09 Å². The molecule has 4 rings (SSSR count). The van der Waals surface area contributed by atoms with Crippen molar-refractivity contribution in [1.29, 1.82) is 0 Å². The Morgan fingerprint density at radius 2 is 1.78 bits per heavy atom. The predicted octanol–water partition coefficient (Wildman–Crippen LogP) is 7.38. The maximum absolute atomic E-state index is 14.4. The van der Waals surface area contributed by atoms with Crippen molar-refractivity contribution in [3.8, 4) is 5.75 Å². The highest BCUT2D eigenvalue weighted by molar-refractivity contribution is 6.74. The van der Waals surface area contributed by atoms with Gasteiger partial charge in [0.2, 0.25) is 5.78 Å². The number of fused-ring (bicyclic) bond motifs is 2. The number of nitrogens with zero attached hydrogens (tertiary/aromatic N) is 1. The quantitative estimate of drug-likeness (QED) is 0.108. The average Bonchev–Trinajstić information content (AvgIpc) is 3.29. The van der Waals surface area contributed by atoms with Gasteiger partial charge < -0.3 is 29.9 Å². The topological polar surface area (TPSA) is 133 Å². The van der Waals surface area contributed by atoms with E-state index in [0.717, 1.165) is 5.39 Å². The molecule has 12 heteroatoms. The van der Waals surface area contributed by atoms with Crippen molar-refractivity contribution in [1.82, 2.24) is 9.88 Å². The van der Waals surface area contributed by atoms with Crippen LogP contribution >= 0.6 is 11.6 Å². The molecule has 4 aromatic rings. The molecule has 45 heavy (non-hydrogen) atoms. The van der Waals surface area contributed by atoms with Gasteiger partial charge in [-0.3, -0.25) is 9.59 Å². The van der Waals surface area contributed by atoms with E-state index in [1.807, 2.05) is 0 Å². The van der Waals surface area contributed by atoms with Crippen LogP contribution < -0.4 is 15.8 Å². The van der Waals surface area contributed by atoms with Gasteiger partial charge in [-0.15, -0.1) is 0 Å². The number of aryl methyl sites for hydroxylation is 1. The second kappa shape index (κ2) is 13.2. The molecule has 2 amide bonds. The second-order valence-corrected chi connectivity index (χ2v) is 17.9. The van der Waals surface area contributed by atoms with Gasteiger partial charge in [0.25, 0.3) is 5.91 Å². The van der Waals surface area contributed by atoms with E-state index in [0.29, 0.717) is 39.8 Å². The predicted molar refractivity (Wildman–Crippen MR) is 177 cm³/mol. The number of primary amides is 1. The zero-order valence-corrected chi connectivity index (χ0v) is 28.0. The van der Waals surface area contributed by atoms with Gasteiger partial charge in [-0.05, 0) is 84.7 Å². The fraction of sp³-hybridized carbons (Fsp3) is 0.364. The third-order valence-corrected chi connectivity index (χ3v) is 13.2. The standard InChI is InChI=1S/C33H39ClFN3O6Si/c1-19(37-32(41)42)29(44-45(5,6)33(2,3)4)11-12-38-17-26(24-10-9-23(35)16-27(24)38)28(39)18-43-30-15-20-7-8-22(34)13-21(20)14-25(30)31(36)40/h7-10,13-17,19,29,37H,11-12,18H2,1-6H3,(H2,36,40)(H,41,42)/t19-,29?/m1/s1. The number of halogens is 2. The summed E-state index contributed by atoms with van der Waals surface area (Å²) in [6, 6.07) is 12.1. The highest BCUT2D eigenvalue weighted by Gasteiger charge is 2.40. The summed E-state index contributed by atoms with van der Waals surface area (Å²) in [4.78, 5) is 37.2. The summed E-state index contributed by atoms with van der Waals surface area (Å²) in [5.41, 5.74) is 6.53. The molecule has 0 bridgehead atoms. The lowest BCUT2D eigenvalue weighted by Gasteiger charge is -2.41. The second-order valence-electron chi connectivity index (χ2n) is 12.8. The number of benzene rings is 3. The van der Waals surface area contributed by atoms with E-state index >= 15 is 0 Å². The number of hydrogen-bond acceptors (Lipinski definition) is 5. The van der Waals surface area contributed by atoms with E-state index in [1.54, 1.807) is 54.1 Å². The van der Waals surface area contributed by atoms with Gasteiger partial charge in [0, 0.05) is 28.7 Å². The van der Waals surface area contributed by atoms with Gasteiger partial charge in [0.15, 0.2) is 14.9 Å². The maximum Gasteiger partial charge on any atom is 0.404 e.